The second-order valence-electron chi connectivity index (χ2n) is 5.64. The quantitative estimate of drug-likeness (QED) is 0.838. The molecule has 1 fully saturated rings. The summed E-state index contributed by atoms with van der Waals surface area (Å²) in [6, 6.07) is 7.10. The molecule has 0 amide bonds. The number of fused-ring (bicyclic) bond motifs is 3. The van der Waals surface area contributed by atoms with E-state index in [1.807, 2.05) is 0 Å². The zero-order chi connectivity index (χ0) is 13.2. The molecular formula is C16H22N2O. The van der Waals surface area contributed by atoms with Gasteiger partial charge in [0.05, 0.1) is 12.3 Å². The Kier molecular flexibility index (Phi) is 3.47. The van der Waals surface area contributed by atoms with Gasteiger partial charge in [0.15, 0.2) is 0 Å². The van der Waals surface area contributed by atoms with E-state index >= 15 is 0 Å². The number of nitrogens with zero attached hydrogens (tertiary/aromatic N) is 1. The molecule has 0 spiro atoms. The Labute approximate surface area is 115 Å². The van der Waals surface area contributed by atoms with Gasteiger partial charge in [0.1, 0.15) is 5.75 Å². The van der Waals surface area contributed by atoms with Crippen molar-refractivity contribution in [3.8, 4) is 5.75 Å². The van der Waals surface area contributed by atoms with Crippen LogP contribution in [0.25, 0.3) is 6.08 Å². The number of anilines is 1. The maximum Gasteiger partial charge on any atom is 0.142 e. The van der Waals surface area contributed by atoms with Crippen molar-refractivity contribution in [2.45, 2.75) is 26.3 Å². The number of hydrogen-bond donors (Lipinski definition) is 1. The van der Waals surface area contributed by atoms with Gasteiger partial charge in [-0.1, -0.05) is 17.7 Å². The molecule has 2 aliphatic rings. The Bertz CT molecular complexity index is 492. The largest absolute Gasteiger partial charge is 0.491 e. The van der Waals surface area contributed by atoms with Crippen molar-refractivity contribution in [2.24, 2.45) is 0 Å². The highest BCUT2D eigenvalue weighted by molar-refractivity contribution is 5.67. The molecule has 0 unspecified atom stereocenters. The minimum absolute atomic E-state index is 0.567. The average molecular weight is 258 g/mol. The van der Waals surface area contributed by atoms with Crippen molar-refractivity contribution in [2.75, 3.05) is 31.1 Å². The predicted octanol–water partition coefficient (Wildman–Crippen LogP) is 2.67. The minimum Gasteiger partial charge on any atom is -0.491 e. The summed E-state index contributed by atoms with van der Waals surface area (Å²) in [7, 11) is 0. The van der Waals surface area contributed by atoms with Gasteiger partial charge < -0.3 is 15.0 Å². The summed E-state index contributed by atoms with van der Waals surface area (Å²) in [5, 5.41) is 3.48. The zero-order valence-corrected chi connectivity index (χ0v) is 11.8. The van der Waals surface area contributed by atoms with Crippen LogP contribution in [0.4, 0.5) is 5.69 Å². The Hall–Kier alpha value is -1.48. The SMILES string of the molecule is CC(C)=Cc1ccc2c(c1)N1CCNC[C@@H]1CCO2. The molecule has 0 aromatic heterocycles. The summed E-state index contributed by atoms with van der Waals surface area (Å²) in [6.45, 7) is 8.28. The summed E-state index contributed by atoms with van der Waals surface area (Å²) < 4.78 is 5.91. The van der Waals surface area contributed by atoms with Gasteiger partial charge in [-0.2, -0.15) is 0 Å². The zero-order valence-electron chi connectivity index (χ0n) is 11.8. The lowest BCUT2D eigenvalue weighted by molar-refractivity contribution is 0.304. The third-order valence-electron chi connectivity index (χ3n) is 3.81. The Balaban J connectivity index is 2.00. The molecule has 19 heavy (non-hydrogen) atoms. The summed E-state index contributed by atoms with van der Waals surface area (Å²) in [5.74, 6) is 1.04. The third kappa shape index (κ3) is 2.61. The second-order valence-corrected chi connectivity index (χ2v) is 5.64. The van der Waals surface area contributed by atoms with Crippen molar-refractivity contribution in [1.82, 2.24) is 5.32 Å². The van der Waals surface area contributed by atoms with Crippen LogP contribution in [0.5, 0.6) is 5.75 Å². The number of rotatable bonds is 1. The summed E-state index contributed by atoms with van der Waals surface area (Å²) in [6.07, 6.45) is 3.32. The molecule has 102 valence electrons. The lowest BCUT2D eigenvalue weighted by Crippen LogP contribution is -2.51. The van der Waals surface area contributed by atoms with Gasteiger partial charge in [0.2, 0.25) is 0 Å². The summed E-state index contributed by atoms with van der Waals surface area (Å²) in [4.78, 5) is 2.52. The van der Waals surface area contributed by atoms with Gasteiger partial charge in [-0.3, -0.25) is 0 Å². The highest BCUT2D eigenvalue weighted by atomic mass is 16.5. The monoisotopic (exact) mass is 258 g/mol. The van der Waals surface area contributed by atoms with Gasteiger partial charge in [-0.25, -0.2) is 0 Å². The predicted molar refractivity (Wildman–Crippen MR) is 79.9 cm³/mol. The van der Waals surface area contributed by atoms with Crippen molar-refractivity contribution in [3.05, 3.63) is 29.3 Å². The molecule has 1 aromatic carbocycles. The first-order chi connectivity index (χ1) is 9.24. The van der Waals surface area contributed by atoms with E-state index in [-0.39, 0.29) is 0 Å². The molecule has 2 heterocycles. The van der Waals surface area contributed by atoms with Crippen LogP contribution in [0.3, 0.4) is 0 Å². The van der Waals surface area contributed by atoms with Gasteiger partial charge in [-0.05, 0) is 31.5 Å². The molecule has 0 saturated carbocycles. The van der Waals surface area contributed by atoms with Crippen molar-refractivity contribution in [3.63, 3.8) is 0 Å². The van der Waals surface area contributed by atoms with E-state index < -0.39 is 0 Å². The van der Waals surface area contributed by atoms with Crippen LogP contribution in [-0.2, 0) is 0 Å². The molecule has 1 atom stereocenters. The molecule has 0 bridgehead atoms. The molecule has 3 heteroatoms. The van der Waals surface area contributed by atoms with E-state index in [4.69, 9.17) is 4.74 Å². The lowest BCUT2D eigenvalue weighted by atomic mass is 10.1. The molecular weight excluding hydrogens is 236 g/mol. The van der Waals surface area contributed by atoms with E-state index in [2.05, 4.69) is 48.3 Å². The highest BCUT2D eigenvalue weighted by Crippen LogP contribution is 2.35. The van der Waals surface area contributed by atoms with Crippen molar-refractivity contribution >= 4 is 11.8 Å². The number of benzene rings is 1. The molecule has 2 aliphatic heterocycles. The molecule has 1 aromatic rings. The minimum atomic E-state index is 0.567. The first-order valence-corrected chi connectivity index (χ1v) is 7.13. The number of hydrogen-bond acceptors (Lipinski definition) is 3. The molecule has 1 N–H and O–H groups in total. The highest BCUT2D eigenvalue weighted by Gasteiger charge is 2.27. The van der Waals surface area contributed by atoms with E-state index in [1.54, 1.807) is 0 Å². The van der Waals surface area contributed by atoms with Gasteiger partial charge in [0, 0.05) is 32.1 Å². The van der Waals surface area contributed by atoms with Crippen LogP contribution >= 0.6 is 0 Å². The van der Waals surface area contributed by atoms with Crippen LogP contribution in [0.2, 0.25) is 0 Å². The number of piperazine rings is 1. The van der Waals surface area contributed by atoms with Crippen molar-refractivity contribution in [1.29, 1.82) is 0 Å². The Morgan fingerprint density at radius 2 is 2.32 bits per heavy atom. The topological polar surface area (TPSA) is 24.5 Å². The average Bonchev–Trinajstić information content (AvgIpc) is 2.57. The fraction of sp³-hybridized carbons (Fsp3) is 0.500. The molecule has 3 rings (SSSR count). The summed E-state index contributed by atoms with van der Waals surface area (Å²) >= 11 is 0. The van der Waals surface area contributed by atoms with Gasteiger partial charge >= 0.3 is 0 Å². The van der Waals surface area contributed by atoms with Crippen molar-refractivity contribution < 1.29 is 4.74 Å². The summed E-state index contributed by atoms with van der Waals surface area (Å²) in [5.41, 5.74) is 3.85. The van der Waals surface area contributed by atoms with E-state index in [9.17, 15) is 0 Å². The molecule has 0 radical (unpaired) electrons. The Morgan fingerprint density at radius 1 is 1.42 bits per heavy atom. The number of ether oxygens (including phenoxy) is 1. The second kappa shape index (κ2) is 5.25. The van der Waals surface area contributed by atoms with E-state index in [1.165, 1.54) is 16.8 Å². The van der Waals surface area contributed by atoms with Gasteiger partial charge in [-0.15, -0.1) is 0 Å². The first-order valence-electron chi connectivity index (χ1n) is 7.13. The smallest absolute Gasteiger partial charge is 0.142 e. The van der Waals surface area contributed by atoms with Crippen LogP contribution in [0.1, 0.15) is 25.8 Å². The molecule has 1 saturated heterocycles. The lowest BCUT2D eigenvalue weighted by Gasteiger charge is -2.36. The van der Waals surface area contributed by atoms with Crippen LogP contribution in [-0.4, -0.2) is 32.3 Å². The number of nitrogens with one attached hydrogen (secondary N) is 1. The standard InChI is InChI=1S/C16H22N2O/c1-12(2)9-13-3-4-16-15(10-13)18-7-6-17-11-14(18)5-8-19-16/h3-4,9-10,14,17H,5-8,11H2,1-2H3/t14-/m0/s1. The maximum atomic E-state index is 5.91. The fourth-order valence-corrected chi connectivity index (χ4v) is 2.94. The molecule has 0 aliphatic carbocycles. The fourth-order valence-electron chi connectivity index (χ4n) is 2.94. The van der Waals surface area contributed by atoms with Crippen LogP contribution < -0.4 is 15.0 Å². The normalized spacial score (nSPS) is 21.8. The third-order valence-corrected chi connectivity index (χ3v) is 3.81. The van der Waals surface area contributed by atoms with Crippen LogP contribution in [0.15, 0.2) is 23.8 Å². The molecule has 3 nitrogen and oxygen atoms in total. The maximum absolute atomic E-state index is 5.91. The van der Waals surface area contributed by atoms with Crippen LogP contribution in [0, 0.1) is 0 Å². The first kappa shape index (κ1) is 12.5. The Morgan fingerprint density at radius 3 is 3.16 bits per heavy atom. The number of allylic oxidation sites excluding steroid dienone is 1. The van der Waals surface area contributed by atoms with E-state index in [0.717, 1.165) is 38.4 Å². The van der Waals surface area contributed by atoms with E-state index in [0.29, 0.717) is 6.04 Å². The van der Waals surface area contributed by atoms with Gasteiger partial charge in [0.25, 0.3) is 0 Å².